The molecule has 1 fully saturated rings. The van der Waals surface area contributed by atoms with Crippen molar-refractivity contribution in [2.75, 3.05) is 36.4 Å². The lowest BCUT2D eigenvalue weighted by Gasteiger charge is -2.32. The molecule has 1 amide bonds. The van der Waals surface area contributed by atoms with E-state index < -0.39 is 11.7 Å². The lowest BCUT2D eigenvalue weighted by Crippen LogP contribution is -2.44. The average molecular weight is 429 g/mol. The van der Waals surface area contributed by atoms with Crippen LogP contribution in [0.5, 0.6) is 0 Å². The quantitative estimate of drug-likeness (QED) is 0.688. The summed E-state index contributed by atoms with van der Waals surface area (Å²) >= 11 is 5.84. The van der Waals surface area contributed by atoms with Crippen LogP contribution in [-0.2, 0) is 11.0 Å². The molecule has 29 heavy (non-hydrogen) atoms. The highest BCUT2D eigenvalue weighted by molar-refractivity contribution is 6.32. The van der Waals surface area contributed by atoms with Crippen LogP contribution >= 0.6 is 11.6 Å². The maximum Gasteiger partial charge on any atom is 0.417 e. The van der Waals surface area contributed by atoms with Crippen molar-refractivity contribution in [1.29, 1.82) is 0 Å². The molecule has 3 rings (SSSR count). The Kier molecular flexibility index (Phi) is 6.73. The van der Waals surface area contributed by atoms with Gasteiger partial charge >= 0.3 is 6.18 Å². The predicted octanol–water partition coefficient (Wildman–Crippen LogP) is 2.99. The van der Waals surface area contributed by atoms with Gasteiger partial charge in [0.15, 0.2) is 0 Å². The number of hydrogen-bond acceptors (Lipinski definition) is 6. The van der Waals surface area contributed by atoms with Crippen molar-refractivity contribution in [2.24, 2.45) is 5.92 Å². The van der Waals surface area contributed by atoms with Gasteiger partial charge < -0.3 is 15.5 Å². The maximum atomic E-state index is 12.6. The van der Waals surface area contributed by atoms with Crippen LogP contribution in [0.4, 0.5) is 24.8 Å². The van der Waals surface area contributed by atoms with Gasteiger partial charge in [0.2, 0.25) is 5.91 Å². The van der Waals surface area contributed by atoms with Crippen LogP contribution in [0.25, 0.3) is 0 Å². The first-order chi connectivity index (χ1) is 13.8. The highest BCUT2D eigenvalue weighted by Crippen LogP contribution is 2.32. The van der Waals surface area contributed by atoms with Crippen LogP contribution in [-0.4, -0.2) is 47.0 Å². The van der Waals surface area contributed by atoms with E-state index in [0.29, 0.717) is 13.1 Å². The molecule has 2 aromatic heterocycles. The summed E-state index contributed by atoms with van der Waals surface area (Å²) in [7, 11) is 0. The molecule has 11 heteroatoms. The molecular weight excluding hydrogens is 409 g/mol. The molecule has 1 aliphatic rings. The summed E-state index contributed by atoms with van der Waals surface area (Å²) in [6, 6.07) is 0.818. The molecule has 7 nitrogen and oxygen atoms in total. The molecule has 156 valence electrons. The molecule has 0 saturated carbocycles. The molecule has 0 bridgehead atoms. The third-order valence-electron chi connectivity index (χ3n) is 4.55. The number of nitrogens with one attached hydrogen (secondary N) is 2. The Labute approximate surface area is 170 Å². The second-order valence-electron chi connectivity index (χ2n) is 6.62. The average Bonchev–Trinajstić information content (AvgIpc) is 2.72. The van der Waals surface area contributed by atoms with Crippen LogP contribution in [0.15, 0.2) is 30.9 Å². The number of piperidine rings is 1. The minimum absolute atomic E-state index is 0.0770. The minimum atomic E-state index is -4.50. The second-order valence-corrected chi connectivity index (χ2v) is 7.03. The molecule has 0 unspecified atom stereocenters. The zero-order chi connectivity index (χ0) is 20.9. The maximum absolute atomic E-state index is 12.6. The van der Waals surface area contributed by atoms with Gasteiger partial charge in [-0.2, -0.15) is 13.2 Å². The predicted molar refractivity (Wildman–Crippen MR) is 103 cm³/mol. The molecule has 1 saturated heterocycles. The van der Waals surface area contributed by atoms with Gasteiger partial charge in [-0.05, 0) is 18.9 Å². The molecule has 0 aliphatic carbocycles. The number of alkyl halides is 3. The van der Waals surface area contributed by atoms with E-state index >= 15 is 0 Å². The molecular formula is C18H20ClF3N6O. The SMILES string of the molecule is O=C(NCCNc1ncc(C(F)(F)F)cc1Cl)[C@H]1CCCN(c2cnccn2)C1. The fourth-order valence-corrected chi connectivity index (χ4v) is 3.32. The van der Waals surface area contributed by atoms with E-state index in [1.807, 2.05) is 4.90 Å². The van der Waals surface area contributed by atoms with Crippen molar-refractivity contribution >= 4 is 29.1 Å². The number of amides is 1. The first kappa shape index (κ1) is 21.1. The number of rotatable bonds is 6. The molecule has 1 aliphatic heterocycles. The van der Waals surface area contributed by atoms with Gasteiger partial charge in [-0.1, -0.05) is 11.6 Å². The summed E-state index contributed by atoms with van der Waals surface area (Å²) in [5.74, 6) is 0.639. The highest BCUT2D eigenvalue weighted by Gasteiger charge is 2.31. The van der Waals surface area contributed by atoms with Crippen molar-refractivity contribution in [3.8, 4) is 0 Å². The number of nitrogens with zero attached hydrogens (tertiary/aromatic N) is 4. The Bertz CT molecular complexity index is 836. The van der Waals surface area contributed by atoms with Gasteiger partial charge in [-0.25, -0.2) is 9.97 Å². The molecule has 0 aromatic carbocycles. The lowest BCUT2D eigenvalue weighted by molar-refractivity contribution is -0.137. The van der Waals surface area contributed by atoms with Gasteiger partial charge in [0, 0.05) is 44.8 Å². The zero-order valence-electron chi connectivity index (χ0n) is 15.4. The smallest absolute Gasteiger partial charge is 0.367 e. The number of pyridine rings is 1. The molecule has 3 heterocycles. The van der Waals surface area contributed by atoms with Crippen molar-refractivity contribution in [3.63, 3.8) is 0 Å². The first-order valence-corrected chi connectivity index (χ1v) is 9.47. The Morgan fingerprint density at radius 3 is 2.76 bits per heavy atom. The fourth-order valence-electron chi connectivity index (χ4n) is 3.09. The minimum Gasteiger partial charge on any atom is -0.367 e. The Morgan fingerprint density at radius 1 is 1.24 bits per heavy atom. The largest absolute Gasteiger partial charge is 0.417 e. The van der Waals surface area contributed by atoms with Crippen LogP contribution in [0, 0.1) is 5.92 Å². The van der Waals surface area contributed by atoms with Crippen molar-refractivity contribution in [1.82, 2.24) is 20.3 Å². The number of hydrogen-bond donors (Lipinski definition) is 2. The van der Waals surface area contributed by atoms with E-state index in [-0.39, 0.29) is 29.2 Å². The molecule has 2 aromatic rings. The van der Waals surface area contributed by atoms with Crippen LogP contribution in [0.1, 0.15) is 18.4 Å². The van der Waals surface area contributed by atoms with E-state index in [1.54, 1.807) is 18.6 Å². The Balaban J connectivity index is 1.45. The van der Waals surface area contributed by atoms with Gasteiger partial charge in [-0.15, -0.1) is 0 Å². The van der Waals surface area contributed by atoms with Gasteiger partial charge in [0.25, 0.3) is 0 Å². The van der Waals surface area contributed by atoms with Crippen LogP contribution < -0.4 is 15.5 Å². The number of halogens is 4. The van der Waals surface area contributed by atoms with Gasteiger partial charge in [-0.3, -0.25) is 9.78 Å². The second kappa shape index (κ2) is 9.25. The van der Waals surface area contributed by atoms with E-state index in [0.717, 1.165) is 37.5 Å². The summed E-state index contributed by atoms with van der Waals surface area (Å²) < 4.78 is 37.9. The van der Waals surface area contributed by atoms with Crippen molar-refractivity contribution < 1.29 is 18.0 Å². The summed E-state index contributed by atoms with van der Waals surface area (Å²) in [5.41, 5.74) is -0.911. The van der Waals surface area contributed by atoms with Crippen LogP contribution in [0.3, 0.4) is 0 Å². The topological polar surface area (TPSA) is 83.0 Å². The van der Waals surface area contributed by atoms with Crippen molar-refractivity contribution in [3.05, 3.63) is 41.4 Å². The normalized spacial score (nSPS) is 17.1. The number of carbonyl (C=O) groups excluding carboxylic acids is 1. The number of aromatic nitrogens is 3. The van der Waals surface area contributed by atoms with Crippen LogP contribution in [0.2, 0.25) is 5.02 Å². The molecule has 0 radical (unpaired) electrons. The zero-order valence-corrected chi connectivity index (χ0v) is 16.2. The Hall–Kier alpha value is -2.62. The number of carbonyl (C=O) groups is 1. The van der Waals surface area contributed by atoms with E-state index in [1.165, 1.54) is 0 Å². The summed E-state index contributed by atoms with van der Waals surface area (Å²) in [5, 5.41) is 5.54. The summed E-state index contributed by atoms with van der Waals surface area (Å²) in [6.07, 6.45) is 2.76. The highest BCUT2D eigenvalue weighted by atomic mass is 35.5. The molecule has 2 N–H and O–H groups in total. The molecule has 0 spiro atoms. The standard InChI is InChI=1S/C18H20ClF3N6O/c19-14-8-13(18(20,21)22)9-27-16(14)25-5-6-26-17(29)12-2-1-7-28(11-12)15-10-23-3-4-24-15/h3-4,8-10,12H,1-2,5-7,11H2,(H,25,27)(H,26,29)/t12-/m0/s1. The Morgan fingerprint density at radius 2 is 2.07 bits per heavy atom. The summed E-state index contributed by atoms with van der Waals surface area (Å²) in [6.45, 7) is 1.95. The van der Waals surface area contributed by atoms with Crippen molar-refractivity contribution in [2.45, 2.75) is 19.0 Å². The summed E-state index contributed by atoms with van der Waals surface area (Å²) in [4.78, 5) is 26.5. The molecule has 1 atom stereocenters. The number of anilines is 2. The fraction of sp³-hybridized carbons (Fsp3) is 0.444. The van der Waals surface area contributed by atoms with E-state index in [4.69, 9.17) is 11.6 Å². The van der Waals surface area contributed by atoms with E-state index in [9.17, 15) is 18.0 Å². The van der Waals surface area contributed by atoms with Gasteiger partial charge in [0.05, 0.1) is 22.7 Å². The van der Waals surface area contributed by atoms with Gasteiger partial charge in [0.1, 0.15) is 11.6 Å². The van der Waals surface area contributed by atoms with E-state index in [2.05, 4.69) is 25.6 Å². The lowest BCUT2D eigenvalue weighted by atomic mass is 9.97. The monoisotopic (exact) mass is 428 g/mol. The first-order valence-electron chi connectivity index (χ1n) is 9.10. The third kappa shape index (κ3) is 5.69. The third-order valence-corrected chi connectivity index (χ3v) is 4.84.